The van der Waals surface area contributed by atoms with Crippen molar-refractivity contribution in [2.24, 2.45) is 0 Å². The predicted molar refractivity (Wildman–Crippen MR) is 127 cm³/mol. The molecule has 2 aromatic carbocycles. The van der Waals surface area contributed by atoms with Crippen LogP contribution in [0.2, 0.25) is 0 Å². The molecule has 2 heterocycles. The van der Waals surface area contributed by atoms with Crippen molar-refractivity contribution in [3.8, 4) is 11.4 Å². The molecule has 5 nitrogen and oxygen atoms in total. The number of nitrogens with one attached hydrogen (secondary N) is 1. The normalized spacial score (nSPS) is 11.9. The number of aromatic nitrogens is 3. The molecule has 0 aliphatic rings. The van der Waals surface area contributed by atoms with Gasteiger partial charge in [0.15, 0.2) is 11.0 Å². The molecule has 2 aromatic heterocycles. The molecule has 164 valence electrons. The summed E-state index contributed by atoms with van der Waals surface area (Å²) in [6, 6.07) is 20.5. The van der Waals surface area contributed by atoms with Crippen molar-refractivity contribution in [3.63, 3.8) is 0 Å². The molecule has 0 aliphatic carbocycles. The second-order valence-electron chi connectivity index (χ2n) is 7.27. The Morgan fingerprint density at radius 3 is 2.62 bits per heavy atom. The van der Waals surface area contributed by atoms with Crippen LogP contribution in [0.4, 0.5) is 4.39 Å². The maximum absolute atomic E-state index is 14.5. The van der Waals surface area contributed by atoms with Gasteiger partial charge in [0, 0.05) is 11.4 Å². The molecule has 8 heteroatoms. The van der Waals surface area contributed by atoms with Gasteiger partial charge in [-0.25, -0.2) is 4.39 Å². The number of benzene rings is 2. The molecule has 4 aromatic rings. The van der Waals surface area contributed by atoms with E-state index < -0.39 is 0 Å². The highest BCUT2D eigenvalue weighted by Crippen LogP contribution is 2.27. The van der Waals surface area contributed by atoms with Crippen LogP contribution in [0.15, 0.2) is 77.3 Å². The Morgan fingerprint density at radius 1 is 1.09 bits per heavy atom. The van der Waals surface area contributed by atoms with E-state index in [2.05, 4.69) is 27.6 Å². The van der Waals surface area contributed by atoms with Gasteiger partial charge in [0.2, 0.25) is 5.91 Å². The number of rotatable bonds is 9. The van der Waals surface area contributed by atoms with E-state index in [4.69, 9.17) is 0 Å². The summed E-state index contributed by atoms with van der Waals surface area (Å²) in [5, 5.41) is 14.1. The Labute approximate surface area is 194 Å². The number of thioether (sulfide) groups is 1. The zero-order chi connectivity index (χ0) is 22.3. The number of hydrogen-bond acceptors (Lipinski definition) is 5. The lowest BCUT2D eigenvalue weighted by Gasteiger charge is -2.13. The van der Waals surface area contributed by atoms with E-state index in [9.17, 15) is 9.18 Å². The quantitative estimate of drug-likeness (QED) is 0.338. The number of amides is 1. The Morgan fingerprint density at radius 2 is 1.88 bits per heavy atom. The van der Waals surface area contributed by atoms with Crippen LogP contribution in [0.1, 0.15) is 23.4 Å². The number of halogens is 1. The van der Waals surface area contributed by atoms with E-state index >= 15 is 0 Å². The maximum atomic E-state index is 14.5. The third-order valence-electron chi connectivity index (χ3n) is 4.98. The molecule has 4 rings (SSSR count). The maximum Gasteiger partial charge on any atom is 0.230 e. The molecule has 0 spiro atoms. The number of hydrogen-bond donors (Lipinski definition) is 1. The van der Waals surface area contributed by atoms with E-state index in [0.717, 1.165) is 11.3 Å². The van der Waals surface area contributed by atoms with Gasteiger partial charge < -0.3 is 9.88 Å². The van der Waals surface area contributed by atoms with E-state index in [1.807, 2.05) is 47.2 Å². The van der Waals surface area contributed by atoms with E-state index in [0.29, 0.717) is 23.1 Å². The first-order valence-electron chi connectivity index (χ1n) is 10.3. The molecule has 0 fully saturated rings. The van der Waals surface area contributed by atoms with Crippen LogP contribution >= 0.6 is 23.1 Å². The third kappa shape index (κ3) is 5.44. The average Bonchev–Trinajstić information content (AvgIpc) is 3.48. The first-order chi connectivity index (χ1) is 15.6. The fourth-order valence-electron chi connectivity index (χ4n) is 3.35. The highest BCUT2D eigenvalue weighted by atomic mass is 32.2. The lowest BCUT2D eigenvalue weighted by Crippen LogP contribution is -2.27. The predicted octanol–water partition coefficient (Wildman–Crippen LogP) is 5.36. The summed E-state index contributed by atoms with van der Waals surface area (Å²) in [6.07, 6.45) is 0.746. The van der Waals surface area contributed by atoms with Crippen molar-refractivity contribution in [1.82, 2.24) is 20.1 Å². The summed E-state index contributed by atoms with van der Waals surface area (Å²) >= 11 is 2.92. The third-order valence-corrected chi connectivity index (χ3v) is 7.00. The average molecular weight is 467 g/mol. The lowest BCUT2D eigenvalue weighted by atomic mass is 10.1. The number of carbonyl (C=O) groups is 1. The smallest absolute Gasteiger partial charge is 0.230 e. The molecule has 1 atom stereocenters. The zero-order valence-corrected chi connectivity index (χ0v) is 19.2. The van der Waals surface area contributed by atoms with Crippen molar-refractivity contribution in [2.45, 2.75) is 31.1 Å². The van der Waals surface area contributed by atoms with Gasteiger partial charge in [0.05, 0.1) is 17.4 Å². The fraction of sp³-hybridized carbons (Fsp3) is 0.208. The molecule has 32 heavy (non-hydrogen) atoms. The molecule has 0 radical (unpaired) electrons. The molecule has 0 saturated carbocycles. The molecule has 1 amide bonds. The second-order valence-corrected chi connectivity index (χ2v) is 9.19. The van der Waals surface area contributed by atoms with E-state index in [-0.39, 0.29) is 23.5 Å². The first kappa shape index (κ1) is 22.2. The summed E-state index contributed by atoms with van der Waals surface area (Å²) in [6.45, 7) is 2.54. The van der Waals surface area contributed by atoms with Crippen LogP contribution in [0.5, 0.6) is 0 Å². The largest absolute Gasteiger partial charge is 0.348 e. The molecular weight excluding hydrogens is 443 g/mol. The van der Waals surface area contributed by atoms with Crippen LogP contribution < -0.4 is 5.32 Å². The van der Waals surface area contributed by atoms with Crippen LogP contribution in [0.3, 0.4) is 0 Å². The monoisotopic (exact) mass is 466 g/mol. The second kappa shape index (κ2) is 10.6. The van der Waals surface area contributed by atoms with Gasteiger partial charge in [-0.2, -0.15) is 0 Å². The standard InChI is InChI=1S/C24H23FN4OS2/c1-17(21-12-7-15-31-21)26-22(30)16-32-24-28-27-23(19-10-5-6-11-20(19)25)29(24)14-13-18-8-3-2-4-9-18/h2-12,15,17H,13-14,16H2,1H3,(H,26,30)/t17-/m1/s1. The van der Waals surface area contributed by atoms with Crippen molar-refractivity contribution in [1.29, 1.82) is 0 Å². The van der Waals surface area contributed by atoms with Crippen LogP contribution in [-0.2, 0) is 17.8 Å². The van der Waals surface area contributed by atoms with Crippen LogP contribution in [-0.4, -0.2) is 26.4 Å². The Hall–Kier alpha value is -2.97. The number of nitrogens with zero attached hydrogens (tertiary/aromatic N) is 3. The number of thiophene rings is 1. The number of aryl methyl sites for hydroxylation is 1. The van der Waals surface area contributed by atoms with Gasteiger partial charge >= 0.3 is 0 Å². The van der Waals surface area contributed by atoms with Gasteiger partial charge in [0.25, 0.3) is 0 Å². The van der Waals surface area contributed by atoms with Crippen LogP contribution in [0, 0.1) is 5.82 Å². The van der Waals surface area contributed by atoms with Gasteiger partial charge in [-0.15, -0.1) is 21.5 Å². The molecule has 0 unspecified atom stereocenters. The number of carbonyl (C=O) groups excluding carboxylic acids is 1. The summed E-state index contributed by atoms with van der Waals surface area (Å²) in [5.41, 5.74) is 1.56. The first-order valence-corrected chi connectivity index (χ1v) is 12.2. The minimum atomic E-state index is -0.347. The van der Waals surface area contributed by atoms with E-state index in [1.54, 1.807) is 29.5 Å². The molecule has 1 N–H and O–H groups in total. The van der Waals surface area contributed by atoms with Crippen molar-refractivity contribution in [2.75, 3.05) is 5.75 Å². The Balaban J connectivity index is 1.50. The van der Waals surface area contributed by atoms with E-state index in [1.165, 1.54) is 23.4 Å². The van der Waals surface area contributed by atoms with Crippen LogP contribution in [0.25, 0.3) is 11.4 Å². The molecule has 0 saturated heterocycles. The summed E-state index contributed by atoms with van der Waals surface area (Å²) in [7, 11) is 0. The highest BCUT2D eigenvalue weighted by molar-refractivity contribution is 7.99. The van der Waals surface area contributed by atoms with Gasteiger partial charge in [0.1, 0.15) is 5.82 Å². The minimum Gasteiger partial charge on any atom is -0.348 e. The summed E-state index contributed by atoms with van der Waals surface area (Å²) in [5.74, 6) is 0.242. The molecular formula is C24H23FN4OS2. The topological polar surface area (TPSA) is 59.8 Å². The van der Waals surface area contributed by atoms with Crippen molar-refractivity contribution < 1.29 is 9.18 Å². The summed E-state index contributed by atoms with van der Waals surface area (Å²) in [4.78, 5) is 13.6. The van der Waals surface area contributed by atoms with Gasteiger partial charge in [-0.1, -0.05) is 60.3 Å². The molecule has 0 aliphatic heterocycles. The van der Waals surface area contributed by atoms with Crippen molar-refractivity contribution in [3.05, 3.63) is 88.4 Å². The van der Waals surface area contributed by atoms with Gasteiger partial charge in [-0.3, -0.25) is 4.79 Å². The van der Waals surface area contributed by atoms with Gasteiger partial charge in [-0.05, 0) is 42.5 Å². The Kier molecular flexibility index (Phi) is 7.34. The summed E-state index contributed by atoms with van der Waals surface area (Å²) < 4.78 is 16.4. The minimum absolute atomic E-state index is 0.0481. The lowest BCUT2D eigenvalue weighted by molar-refractivity contribution is -0.119. The fourth-order valence-corrected chi connectivity index (χ4v) is 4.86. The Bertz CT molecular complexity index is 1160. The highest BCUT2D eigenvalue weighted by Gasteiger charge is 2.19. The zero-order valence-electron chi connectivity index (χ0n) is 17.6. The van der Waals surface area contributed by atoms with Crippen molar-refractivity contribution >= 4 is 29.0 Å². The molecule has 0 bridgehead atoms. The SMILES string of the molecule is C[C@@H](NC(=O)CSc1nnc(-c2ccccc2F)n1CCc1ccccc1)c1cccs1.